The molecule has 3 heteroatoms. The van der Waals surface area contributed by atoms with Crippen molar-refractivity contribution in [3.05, 3.63) is 59.7 Å². The molecule has 21 heavy (non-hydrogen) atoms. The highest BCUT2D eigenvalue weighted by molar-refractivity contribution is 5.44. The second-order valence-electron chi connectivity index (χ2n) is 5.56. The van der Waals surface area contributed by atoms with Crippen LogP contribution < -0.4 is 0 Å². The molecule has 2 N–H and O–H groups in total. The fraction of sp³-hybridized carbons (Fsp3) is 0.333. The van der Waals surface area contributed by atoms with E-state index in [4.69, 9.17) is 4.74 Å². The first-order valence-corrected chi connectivity index (χ1v) is 7.37. The highest BCUT2D eigenvalue weighted by Crippen LogP contribution is 2.66. The first-order chi connectivity index (χ1) is 10.1. The number of rotatable bonds is 4. The normalized spacial score (nSPS) is 27.5. The van der Waals surface area contributed by atoms with Crippen molar-refractivity contribution >= 4 is 0 Å². The van der Waals surface area contributed by atoms with Crippen LogP contribution in [0.1, 0.15) is 37.8 Å². The lowest BCUT2D eigenvalue weighted by Crippen LogP contribution is -2.21. The Labute approximate surface area is 124 Å². The molecule has 1 heterocycles. The Morgan fingerprint density at radius 1 is 0.714 bits per heavy atom. The standard InChI is InChI=1S/C18H20O3/c1-3-17(13-5-9-15(19)10-6-13)18(4-2,21-17)14-7-11-16(20)12-8-14/h5-12,19-20H,3-4H2,1-2H3/t17-,18-/m0/s1. The Morgan fingerprint density at radius 2 is 1.05 bits per heavy atom. The molecule has 0 amide bonds. The van der Waals surface area contributed by atoms with Gasteiger partial charge in [-0.1, -0.05) is 38.1 Å². The molecule has 1 saturated heterocycles. The number of phenolic OH excluding ortho intramolecular Hbond substituents is 2. The molecule has 0 unspecified atom stereocenters. The minimum Gasteiger partial charge on any atom is -0.508 e. The average molecular weight is 284 g/mol. The maximum atomic E-state index is 9.48. The smallest absolute Gasteiger partial charge is 0.127 e. The Balaban J connectivity index is 2.05. The molecule has 2 atom stereocenters. The van der Waals surface area contributed by atoms with Crippen molar-refractivity contribution in [2.75, 3.05) is 0 Å². The van der Waals surface area contributed by atoms with Gasteiger partial charge in [-0.15, -0.1) is 0 Å². The maximum Gasteiger partial charge on any atom is 0.127 e. The second-order valence-corrected chi connectivity index (χ2v) is 5.56. The van der Waals surface area contributed by atoms with Crippen LogP contribution in [-0.2, 0) is 15.9 Å². The number of hydrogen-bond acceptors (Lipinski definition) is 3. The van der Waals surface area contributed by atoms with Gasteiger partial charge in [0, 0.05) is 0 Å². The number of ether oxygens (including phenoxy) is 1. The van der Waals surface area contributed by atoms with E-state index in [0.717, 1.165) is 24.0 Å². The zero-order valence-electron chi connectivity index (χ0n) is 12.3. The van der Waals surface area contributed by atoms with Gasteiger partial charge in [0.1, 0.15) is 22.7 Å². The van der Waals surface area contributed by atoms with Crippen molar-refractivity contribution in [1.29, 1.82) is 0 Å². The zero-order chi connectivity index (χ0) is 15.1. The Kier molecular flexibility index (Phi) is 3.18. The molecule has 1 aliphatic heterocycles. The lowest BCUT2D eigenvalue weighted by molar-refractivity contribution is 0.255. The molecule has 1 fully saturated rings. The molecule has 2 aromatic carbocycles. The van der Waals surface area contributed by atoms with Crippen LogP contribution in [0.2, 0.25) is 0 Å². The van der Waals surface area contributed by atoms with Gasteiger partial charge in [-0.25, -0.2) is 0 Å². The van der Waals surface area contributed by atoms with Gasteiger partial charge >= 0.3 is 0 Å². The summed E-state index contributed by atoms with van der Waals surface area (Å²) < 4.78 is 6.28. The monoisotopic (exact) mass is 284 g/mol. The maximum absolute atomic E-state index is 9.48. The van der Waals surface area contributed by atoms with Crippen LogP contribution in [0.5, 0.6) is 11.5 Å². The fourth-order valence-corrected chi connectivity index (χ4v) is 3.44. The third-order valence-corrected chi connectivity index (χ3v) is 4.62. The molecule has 0 radical (unpaired) electrons. The van der Waals surface area contributed by atoms with Gasteiger partial charge in [-0.2, -0.15) is 0 Å². The molecule has 3 nitrogen and oxygen atoms in total. The number of epoxide rings is 1. The van der Waals surface area contributed by atoms with E-state index in [0.29, 0.717) is 0 Å². The van der Waals surface area contributed by atoms with Crippen LogP contribution in [0.4, 0.5) is 0 Å². The van der Waals surface area contributed by atoms with Gasteiger partial charge in [0.25, 0.3) is 0 Å². The van der Waals surface area contributed by atoms with Crippen LogP contribution >= 0.6 is 0 Å². The van der Waals surface area contributed by atoms with E-state index in [1.807, 2.05) is 24.3 Å². The summed E-state index contributed by atoms with van der Waals surface area (Å²) >= 11 is 0. The lowest BCUT2D eigenvalue weighted by atomic mass is 9.78. The number of phenols is 2. The molecule has 110 valence electrons. The molecule has 3 rings (SSSR count). The predicted octanol–water partition coefficient (Wildman–Crippen LogP) is 4.04. The molecular weight excluding hydrogens is 264 g/mol. The Morgan fingerprint density at radius 3 is 1.33 bits per heavy atom. The van der Waals surface area contributed by atoms with Crippen LogP contribution in [-0.4, -0.2) is 10.2 Å². The molecular formula is C18H20O3. The largest absolute Gasteiger partial charge is 0.508 e. The third kappa shape index (κ3) is 1.92. The van der Waals surface area contributed by atoms with Crippen LogP contribution in [0.15, 0.2) is 48.5 Å². The highest BCUT2D eigenvalue weighted by atomic mass is 16.6. The summed E-state index contributed by atoms with van der Waals surface area (Å²) in [6.45, 7) is 4.23. The summed E-state index contributed by atoms with van der Waals surface area (Å²) in [5.41, 5.74) is 1.45. The summed E-state index contributed by atoms with van der Waals surface area (Å²) in [5, 5.41) is 19.0. The first-order valence-electron chi connectivity index (χ1n) is 7.37. The summed E-state index contributed by atoms with van der Waals surface area (Å²) in [7, 11) is 0. The molecule has 0 bridgehead atoms. The summed E-state index contributed by atoms with van der Waals surface area (Å²) in [6, 6.07) is 14.5. The van der Waals surface area contributed by atoms with E-state index in [1.54, 1.807) is 24.3 Å². The third-order valence-electron chi connectivity index (χ3n) is 4.62. The molecule has 0 saturated carbocycles. The number of aromatic hydroxyl groups is 2. The first kappa shape index (κ1) is 14.0. The van der Waals surface area contributed by atoms with Crippen LogP contribution in [0, 0.1) is 0 Å². The van der Waals surface area contributed by atoms with E-state index in [9.17, 15) is 10.2 Å². The van der Waals surface area contributed by atoms with Crippen molar-refractivity contribution in [3.8, 4) is 11.5 Å². The van der Waals surface area contributed by atoms with Gasteiger partial charge in [-0.3, -0.25) is 0 Å². The summed E-state index contributed by atoms with van der Waals surface area (Å²) in [4.78, 5) is 0. The molecule has 0 spiro atoms. The number of benzene rings is 2. The van der Waals surface area contributed by atoms with Gasteiger partial charge in [0.2, 0.25) is 0 Å². The van der Waals surface area contributed by atoms with E-state index < -0.39 is 0 Å². The molecule has 0 aliphatic carbocycles. The van der Waals surface area contributed by atoms with Crippen LogP contribution in [0.3, 0.4) is 0 Å². The van der Waals surface area contributed by atoms with E-state index in [1.165, 1.54) is 0 Å². The minimum atomic E-state index is -0.355. The molecule has 2 aromatic rings. The van der Waals surface area contributed by atoms with Crippen molar-refractivity contribution in [3.63, 3.8) is 0 Å². The zero-order valence-corrected chi connectivity index (χ0v) is 12.3. The van der Waals surface area contributed by atoms with Gasteiger partial charge in [-0.05, 0) is 48.2 Å². The minimum absolute atomic E-state index is 0.261. The molecule has 0 aromatic heterocycles. The topological polar surface area (TPSA) is 53.0 Å². The Bertz CT molecular complexity index is 575. The molecule has 1 aliphatic rings. The quantitative estimate of drug-likeness (QED) is 0.833. The summed E-state index contributed by atoms with van der Waals surface area (Å²) in [6.07, 6.45) is 1.71. The summed E-state index contributed by atoms with van der Waals surface area (Å²) in [5.74, 6) is 0.523. The van der Waals surface area contributed by atoms with Gasteiger partial charge in [0.15, 0.2) is 0 Å². The predicted molar refractivity (Wildman–Crippen MR) is 81.2 cm³/mol. The van der Waals surface area contributed by atoms with Crippen molar-refractivity contribution in [2.24, 2.45) is 0 Å². The SMILES string of the molecule is CC[C@@]1(c2ccc(O)cc2)O[C@@]1(CC)c1ccc(O)cc1. The average Bonchev–Trinajstić information content (AvgIpc) is 3.19. The van der Waals surface area contributed by atoms with Gasteiger partial charge in [0.05, 0.1) is 0 Å². The second kappa shape index (κ2) is 4.78. The van der Waals surface area contributed by atoms with Crippen LogP contribution in [0.25, 0.3) is 0 Å². The van der Waals surface area contributed by atoms with E-state index in [2.05, 4.69) is 13.8 Å². The van der Waals surface area contributed by atoms with Gasteiger partial charge < -0.3 is 14.9 Å². The number of hydrogen-bond donors (Lipinski definition) is 2. The van der Waals surface area contributed by atoms with E-state index >= 15 is 0 Å². The van der Waals surface area contributed by atoms with Crippen molar-refractivity contribution < 1.29 is 14.9 Å². The Hall–Kier alpha value is -2.00. The fourth-order valence-electron chi connectivity index (χ4n) is 3.44. The van der Waals surface area contributed by atoms with Crippen molar-refractivity contribution in [1.82, 2.24) is 0 Å². The lowest BCUT2D eigenvalue weighted by Gasteiger charge is -2.19. The highest BCUT2D eigenvalue weighted by Gasteiger charge is 2.69. The van der Waals surface area contributed by atoms with E-state index in [-0.39, 0.29) is 22.7 Å². The van der Waals surface area contributed by atoms with Crippen molar-refractivity contribution in [2.45, 2.75) is 37.9 Å².